The number of rotatable bonds is 8. The van der Waals surface area contributed by atoms with Crippen molar-refractivity contribution in [3.05, 3.63) is 0 Å². The van der Waals surface area contributed by atoms with E-state index in [0.29, 0.717) is 0 Å². The van der Waals surface area contributed by atoms with E-state index in [1.807, 2.05) is 0 Å². The molecule has 0 aliphatic heterocycles. The van der Waals surface area contributed by atoms with Crippen LogP contribution in [-0.2, 0) is 9.53 Å². The summed E-state index contributed by atoms with van der Waals surface area (Å²) < 4.78 is 5.24. The lowest BCUT2D eigenvalue weighted by Crippen LogP contribution is -2.16. The molecule has 0 aromatic carbocycles. The van der Waals surface area contributed by atoms with E-state index in [2.05, 4.69) is 22.9 Å². The molecule has 0 aliphatic rings. The Morgan fingerprint density at radius 2 is 1.93 bits per heavy atom. The van der Waals surface area contributed by atoms with Gasteiger partial charge in [-0.3, -0.25) is 4.79 Å². The number of carbonyl (C=O) groups excluding carboxylic acids is 1. The SMILES string of the molecule is CCCCC(CCCCBr)OC(C)=O. The highest BCUT2D eigenvalue weighted by Gasteiger charge is 2.10. The fourth-order valence-electron chi connectivity index (χ4n) is 1.40. The summed E-state index contributed by atoms with van der Waals surface area (Å²) in [5.41, 5.74) is 0. The summed E-state index contributed by atoms with van der Waals surface area (Å²) >= 11 is 3.40. The van der Waals surface area contributed by atoms with Crippen molar-refractivity contribution in [3.8, 4) is 0 Å². The van der Waals surface area contributed by atoms with Crippen LogP contribution in [0.1, 0.15) is 52.4 Å². The number of halogens is 1. The van der Waals surface area contributed by atoms with E-state index in [9.17, 15) is 4.79 Å². The molecule has 0 heterocycles. The molecule has 0 saturated carbocycles. The van der Waals surface area contributed by atoms with Gasteiger partial charge in [-0.05, 0) is 25.7 Å². The van der Waals surface area contributed by atoms with Crippen molar-refractivity contribution in [3.63, 3.8) is 0 Å². The van der Waals surface area contributed by atoms with Crippen LogP contribution in [0.2, 0.25) is 0 Å². The lowest BCUT2D eigenvalue weighted by Gasteiger charge is -2.16. The largest absolute Gasteiger partial charge is 0.463 e. The first-order chi connectivity index (χ1) is 6.70. The van der Waals surface area contributed by atoms with Gasteiger partial charge in [-0.15, -0.1) is 0 Å². The molecule has 0 aromatic rings. The lowest BCUT2D eigenvalue weighted by molar-refractivity contribution is -0.147. The first kappa shape index (κ1) is 13.9. The number of alkyl halides is 1. The number of esters is 1. The van der Waals surface area contributed by atoms with Crippen LogP contribution in [0.4, 0.5) is 0 Å². The molecule has 0 rings (SSSR count). The molecule has 3 heteroatoms. The quantitative estimate of drug-likeness (QED) is 0.380. The fourth-order valence-corrected chi connectivity index (χ4v) is 1.79. The number of hydrogen-bond acceptors (Lipinski definition) is 2. The van der Waals surface area contributed by atoms with E-state index in [1.165, 1.54) is 6.92 Å². The molecule has 1 unspecified atom stereocenters. The van der Waals surface area contributed by atoms with Crippen molar-refractivity contribution in [2.45, 2.75) is 58.5 Å². The Labute approximate surface area is 95.5 Å². The topological polar surface area (TPSA) is 26.3 Å². The lowest BCUT2D eigenvalue weighted by atomic mass is 10.1. The van der Waals surface area contributed by atoms with Crippen LogP contribution in [0.25, 0.3) is 0 Å². The molecule has 0 spiro atoms. The molecule has 0 amide bonds. The molecule has 0 fully saturated rings. The summed E-state index contributed by atoms with van der Waals surface area (Å²) in [6.45, 7) is 3.65. The molecule has 1 atom stereocenters. The second-order valence-electron chi connectivity index (χ2n) is 3.56. The summed E-state index contributed by atoms with van der Waals surface area (Å²) in [4.78, 5) is 10.8. The average Bonchev–Trinajstić information content (AvgIpc) is 2.13. The van der Waals surface area contributed by atoms with Gasteiger partial charge < -0.3 is 4.74 Å². The van der Waals surface area contributed by atoms with Gasteiger partial charge >= 0.3 is 5.97 Å². The first-order valence-corrected chi connectivity index (χ1v) is 6.56. The summed E-state index contributed by atoms with van der Waals surface area (Å²) in [5.74, 6) is -0.148. The van der Waals surface area contributed by atoms with Gasteiger partial charge in [-0.2, -0.15) is 0 Å². The Morgan fingerprint density at radius 1 is 1.29 bits per heavy atom. The third kappa shape index (κ3) is 8.54. The zero-order valence-electron chi connectivity index (χ0n) is 9.22. The van der Waals surface area contributed by atoms with E-state index < -0.39 is 0 Å². The predicted octanol–water partition coefficient (Wildman–Crippen LogP) is 3.67. The number of carbonyl (C=O) groups is 1. The average molecular weight is 265 g/mol. The number of hydrogen-bond donors (Lipinski definition) is 0. The molecule has 0 bridgehead atoms. The normalized spacial score (nSPS) is 12.5. The molecule has 0 radical (unpaired) electrons. The second-order valence-corrected chi connectivity index (χ2v) is 4.35. The Kier molecular flexibility index (Phi) is 9.47. The fraction of sp³-hybridized carbons (Fsp3) is 0.909. The Morgan fingerprint density at radius 3 is 2.43 bits per heavy atom. The van der Waals surface area contributed by atoms with E-state index in [1.54, 1.807) is 0 Å². The van der Waals surface area contributed by atoms with Gasteiger partial charge in [0, 0.05) is 12.3 Å². The highest BCUT2D eigenvalue weighted by Crippen LogP contribution is 2.13. The summed E-state index contributed by atoms with van der Waals surface area (Å²) in [5, 5.41) is 1.04. The minimum Gasteiger partial charge on any atom is -0.463 e. The van der Waals surface area contributed by atoms with Crippen LogP contribution in [0.3, 0.4) is 0 Å². The molecule has 0 N–H and O–H groups in total. The molecule has 0 aliphatic carbocycles. The molecular weight excluding hydrogens is 244 g/mol. The van der Waals surface area contributed by atoms with Gasteiger partial charge in [0.1, 0.15) is 6.10 Å². The van der Waals surface area contributed by atoms with E-state index in [-0.39, 0.29) is 12.1 Å². The van der Waals surface area contributed by atoms with E-state index in [4.69, 9.17) is 4.74 Å². The molecule has 2 nitrogen and oxygen atoms in total. The van der Waals surface area contributed by atoms with E-state index >= 15 is 0 Å². The smallest absolute Gasteiger partial charge is 0.302 e. The van der Waals surface area contributed by atoms with Gasteiger partial charge in [0.05, 0.1) is 0 Å². The van der Waals surface area contributed by atoms with Crippen LogP contribution >= 0.6 is 15.9 Å². The minimum absolute atomic E-state index is 0.145. The van der Waals surface area contributed by atoms with Crippen LogP contribution in [0.5, 0.6) is 0 Å². The number of unbranched alkanes of at least 4 members (excludes halogenated alkanes) is 2. The minimum atomic E-state index is -0.148. The third-order valence-electron chi connectivity index (χ3n) is 2.12. The Balaban J connectivity index is 3.66. The monoisotopic (exact) mass is 264 g/mol. The Bertz CT molecular complexity index is 148. The first-order valence-electron chi connectivity index (χ1n) is 5.43. The molecular formula is C11H21BrO2. The summed E-state index contributed by atoms with van der Waals surface area (Å²) in [6, 6.07) is 0. The number of ether oxygens (including phenoxy) is 1. The van der Waals surface area contributed by atoms with Crippen molar-refractivity contribution >= 4 is 21.9 Å². The van der Waals surface area contributed by atoms with Crippen molar-refractivity contribution < 1.29 is 9.53 Å². The van der Waals surface area contributed by atoms with E-state index in [0.717, 1.165) is 43.9 Å². The maximum atomic E-state index is 10.8. The molecule has 0 aromatic heterocycles. The highest BCUT2D eigenvalue weighted by atomic mass is 79.9. The van der Waals surface area contributed by atoms with Gasteiger partial charge in [-0.25, -0.2) is 0 Å². The summed E-state index contributed by atoms with van der Waals surface area (Å²) in [6.07, 6.45) is 6.76. The van der Waals surface area contributed by atoms with Crippen LogP contribution < -0.4 is 0 Å². The molecule has 14 heavy (non-hydrogen) atoms. The summed E-state index contributed by atoms with van der Waals surface area (Å²) in [7, 11) is 0. The van der Waals surface area contributed by atoms with Gasteiger partial charge in [-0.1, -0.05) is 35.7 Å². The zero-order valence-corrected chi connectivity index (χ0v) is 10.8. The van der Waals surface area contributed by atoms with Crippen molar-refractivity contribution in [2.24, 2.45) is 0 Å². The van der Waals surface area contributed by atoms with Crippen LogP contribution in [0, 0.1) is 0 Å². The highest BCUT2D eigenvalue weighted by molar-refractivity contribution is 9.09. The van der Waals surface area contributed by atoms with Gasteiger partial charge in [0.15, 0.2) is 0 Å². The molecule has 84 valence electrons. The second kappa shape index (κ2) is 9.50. The Hall–Kier alpha value is -0.0500. The van der Waals surface area contributed by atoms with Gasteiger partial charge in [0.25, 0.3) is 0 Å². The predicted molar refractivity (Wildman–Crippen MR) is 62.7 cm³/mol. The van der Waals surface area contributed by atoms with Crippen molar-refractivity contribution in [1.29, 1.82) is 0 Å². The molecule has 0 saturated heterocycles. The zero-order chi connectivity index (χ0) is 10.8. The maximum Gasteiger partial charge on any atom is 0.302 e. The third-order valence-corrected chi connectivity index (χ3v) is 2.68. The maximum absolute atomic E-state index is 10.8. The van der Waals surface area contributed by atoms with Gasteiger partial charge in [0.2, 0.25) is 0 Å². The standard InChI is InChI=1S/C11H21BrO2/c1-3-4-7-11(14-10(2)13)8-5-6-9-12/h11H,3-9H2,1-2H3. The van der Waals surface area contributed by atoms with Crippen LogP contribution in [-0.4, -0.2) is 17.4 Å². The van der Waals surface area contributed by atoms with Crippen molar-refractivity contribution in [2.75, 3.05) is 5.33 Å². The van der Waals surface area contributed by atoms with Crippen LogP contribution in [0.15, 0.2) is 0 Å². The van der Waals surface area contributed by atoms with Crippen molar-refractivity contribution in [1.82, 2.24) is 0 Å².